The molecule has 0 amide bonds. The van der Waals surface area contributed by atoms with Crippen LogP contribution in [-0.4, -0.2) is 11.5 Å². The number of pyridine rings is 1. The van der Waals surface area contributed by atoms with Crippen LogP contribution in [0.15, 0.2) is 18.3 Å². The molecule has 1 aliphatic heterocycles. The van der Waals surface area contributed by atoms with Gasteiger partial charge >= 0.3 is 0 Å². The van der Waals surface area contributed by atoms with E-state index in [-0.39, 0.29) is 0 Å². The Morgan fingerprint density at radius 1 is 1.64 bits per heavy atom. The monoisotopic (exact) mass is 152 g/mol. The molecule has 1 N–H and O–H groups in total. The molecule has 1 atom stereocenters. The first kappa shape index (κ1) is 6.73. The average Bonchev–Trinajstić information content (AvgIpc) is 1.83. The zero-order valence-corrected chi connectivity index (χ0v) is 6.05. The van der Waals surface area contributed by atoms with E-state index in [1.165, 1.54) is 12.3 Å². The van der Waals surface area contributed by atoms with Crippen molar-refractivity contribution in [3.63, 3.8) is 0 Å². The molecule has 0 bridgehead atoms. The molecule has 2 rings (SSSR count). The van der Waals surface area contributed by atoms with E-state index in [4.69, 9.17) is 0 Å². The second kappa shape index (κ2) is 2.58. The normalized spacial score (nSPS) is 22.8. The zero-order valence-electron chi connectivity index (χ0n) is 6.05. The van der Waals surface area contributed by atoms with Crippen molar-refractivity contribution in [1.29, 1.82) is 0 Å². The van der Waals surface area contributed by atoms with Crippen molar-refractivity contribution in [3.05, 3.63) is 29.8 Å². The summed E-state index contributed by atoms with van der Waals surface area (Å²) in [7, 11) is 0. The second-order valence-electron chi connectivity index (χ2n) is 2.71. The van der Waals surface area contributed by atoms with Crippen molar-refractivity contribution in [1.82, 2.24) is 10.3 Å². The molecule has 11 heavy (non-hydrogen) atoms. The van der Waals surface area contributed by atoms with Crippen LogP contribution < -0.4 is 5.32 Å². The lowest BCUT2D eigenvalue weighted by molar-refractivity contribution is 0.381. The van der Waals surface area contributed by atoms with Crippen LogP contribution in [0.2, 0.25) is 0 Å². The van der Waals surface area contributed by atoms with Crippen LogP contribution >= 0.6 is 0 Å². The van der Waals surface area contributed by atoms with Gasteiger partial charge in [0.15, 0.2) is 0 Å². The van der Waals surface area contributed by atoms with Crippen molar-refractivity contribution in [2.45, 2.75) is 12.5 Å². The minimum absolute atomic E-state index is 0.354. The molecule has 0 aliphatic carbocycles. The van der Waals surface area contributed by atoms with Gasteiger partial charge in [0.25, 0.3) is 0 Å². The third-order valence-electron chi connectivity index (χ3n) is 1.98. The van der Waals surface area contributed by atoms with Gasteiger partial charge in [0, 0.05) is 12.2 Å². The summed E-state index contributed by atoms with van der Waals surface area (Å²) in [6.45, 7) is 1.04. The van der Waals surface area contributed by atoms with Gasteiger partial charge in [-0.05, 0) is 30.7 Å². The van der Waals surface area contributed by atoms with Crippen LogP contribution in [0.25, 0.3) is 0 Å². The zero-order chi connectivity index (χ0) is 7.68. The highest BCUT2D eigenvalue weighted by Crippen LogP contribution is 2.21. The van der Waals surface area contributed by atoms with Gasteiger partial charge in [0.2, 0.25) is 5.95 Å². The van der Waals surface area contributed by atoms with Gasteiger partial charge in [-0.3, -0.25) is 0 Å². The first-order valence-electron chi connectivity index (χ1n) is 3.71. The number of halogens is 1. The van der Waals surface area contributed by atoms with Crippen LogP contribution in [-0.2, 0) is 0 Å². The maximum absolute atomic E-state index is 12.5. The molecule has 0 radical (unpaired) electrons. The lowest BCUT2D eigenvalue weighted by atomic mass is 9.99. The van der Waals surface area contributed by atoms with Gasteiger partial charge in [-0.1, -0.05) is 0 Å². The van der Waals surface area contributed by atoms with Crippen LogP contribution in [0.4, 0.5) is 4.39 Å². The topological polar surface area (TPSA) is 24.9 Å². The summed E-state index contributed by atoms with van der Waals surface area (Å²) >= 11 is 0. The summed E-state index contributed by atoms with van der Waals surface area (Å²) in [5.41, 5.74) is 1.00. The highest BCUT2D eigenvalue weighted by molar-refractivity contribution is 5.17. The van der Waals surface area contributed by atoms with Crippen molar-refractivity contribution in [2.24, 2.45) is 0 Å². The molecule has 2 heterocycles. The molecule has 1 aromatic heterocycles. The maximum atomic E-state index is 12.5. The fourth-order valence-electron chi connectivity index (χ4n) is 1.21. The molecule has 3 heteroatoms. The smallest absolute Gasteiger partial charge is 0.213 e. The largest absolute Gasteiger partial charge is 0.310 e. The molecule has 1 aromatic rings. The van der Waals surface area contributed by atoms with Gasteiger partial charge in [-0.2, -0.15) is 4.39 Å². The Kier molecular flexibility index (Phi) is 1.58. The van der Waals surface area contributed by atoms with Crippen molar-refractivity contribution in [3.8, 4) is 0 Å². The van der Waals surface area contributed by atoms with E-state index >= 15 is 0 Å². The van der Waals surface area contributed by atoms with Gasteiger partial charge < -0.3 is 5.32 Å². The Morgan fingerprint density at radius 3 is 3.00 bits per heavy atom. The first-order chi connectivity index (χ1) is 5.36. The fourth-order valence-corrected chi connectivity index (χ4v) is 1.21. The highest BCUT2D eigenvalue weighted by atomic mass is 19.1. The third kappa shape index (κ3) is 1.24. The highest BCUT2D eigenvalue weighted by Gasteiger charge is 2.18. The molecule has 1 fully saturated rings. The Hall–Kier alpha value is -0.960. The Labute approximate surface area is 64.5 Å². The second-order valence-corrected chi connectivity index (χ2v) is 2.71. The van der Waals surface area contributed by atoms with Crippen molar-refractivity contribution >= 4 is 0 Å². The SMILES string of the molecule is Fc1cc(C2CCN2)ccn1. The lowest BCUT2D eigenvalue weighted by Crippen LogP contribution is -2.34. The molecule has 58 valence electrons. The fraction of sp³-hybridized carbons (Fsp3) is 0.375. The van der Waals surface area contributed by atoms with Crippen LogP contribution in [0.5, 0.6) is 0 Å². The number of nitrogens with zero attached hydrogens (tertiary/aromatic N) is 1. The quantitative estimate of drug-likeness (QED) is 0.613. The minimum atomic E-state index is -0.392. The maximum Gasteiger partial charge on any atom is 0.213 e. The lowest BCUT2D eigenvalue weighted by Gasteiger charge is -2.27. The molecule has 1 unspecified atom stereocenters. The Morgan fingerprint density at radius 2 is 2.45 bits per heavy atom. The van der Waals surface area contributed by atoms with Gasteiger partial charge in [-0.25, -0.2) is 4.98 Å². The summed E-state index contributed by atoms with van der Waals surface area (Å²) in [4.78, 5) is 3.49. The van der Waals surface area contributed by atoms with E-state index in [1.54, 1.807) is 0 Å². The number of rotatable bonds is 1. The predicted molar refractivity (Wildman–Crippen MR) is 39.6 cm³/mol. The summed E-state index contributed by atoms with van der Waals surface area (Å²) < 4.78 is 12.5. The molecule has 1 aliphatic rings. The van der Waals surface area contributed by atoms with Gasteiger partial charge in [-0.15, -0.1) is 0 Å². The summed E-state index contributed by atoms with van der Waals surface area (Å²) in [5, 5.41) is 3.19. The van der Waals surface area contributed by atoms with E-state index in [0.717, 1.165) is 18.5 Å². The summed E-state index contributed by atoms with van der Waals surface area (Å²) in [5.74, 6) is -0.392. The van der Waals surface area contributed by atoms with E-state index in [2.05, 4.69) is 10.3 Å². The predicted octanol–water partition coefficient (Wildman–Crippen LogP) is 1.26. The molecular formula is C8H9FN2. The molecular weight excluding hydrogens is 143 g/mol. The Balaban J connectivity index is 2.23. The van der Waals surface area contributed by atoms with Crippen LogP contribution in [0.3, 0.4) is 0 Å². The standard InChI is InChI=1S/C8H9FN2/c9-8-5-6(1-3-11-8)7-2-4-10-7/h1,3,5,7,10H,2,4H2. The average molecular weight is 152 g/mol. The first-order valence-corrected chi connectivity index (χ1v) is 3.71. The van der Waals surface area contributed by atoms with Crippen molar-refractivity contribution in [2.75, 3.05) is 6.54 Å². The number of nitrogens with one attached hydrogen (secondary N) is 1. The number of aromatic nitrogens is 1. The Bertz CT molecular complexity index is 258. The van der Waals surface area contributed by atoms with E-state index in [0.29, 0.717) is 6.04 Å². The van der Waals surface area contributed by atoms with Gasteiger partial charge in [0.05, 0.1) is 0 Å². The summed E-state index contributed by atoms with van der Waals surface area (Å²) in [6, 6.07) is 3.68. The number of hydrogen-bond acceptors (Lipinski definition) is 2. The minimum Gasteiger partial charge on any atom is -0.310 e. The van der Waals surface area contributed by atoms with Crippen molar-refractivity contribution < 1.29 is 4.39 Å². The van der Waals surface area contributed by atoms with Crippen LogP contribution in [0.1, 0.15) is 18.0 Å². The molecule has 1 saturated heterocycles. The van der Waals surface area contributed by atoms with Crippen LogP contribution in [0, 0.1) is 5.95 Å². The summed E-state index contributed by atoms with van der Waals surface area (Å²) in [6.07, 6.45) is 2.61. The molecule has 2 nitrogen and oxygen atoms in total. The van der Waals surface area contributed by atoms with E-state index in [9.17, 15) is 4.39 Å². The van der Waals surface area contributed by atoms with E-state index in [1.807, 2.05) is 6.07 Å². The molecule has 0 saturated carbocycles. The van der Waals surface area contributed by atoms with Gasteiger partial charge in [0.1, 0.15) is 0 Å². The molecule has 0 spiro atoms. The molecule has 0 aromatic carbocycles. The van der Waals surface area contributed by atoms with E-state index < -0.39 is 5.95 Å². The number of hydrogen-bond donors (Lipinski definition) is 1. The third-order valence-corrected chi connectivity index (χ3v) is 1.98.